The van der Waals surface area contributed by atoms with E-state index in [1.165, 1.54) is 0 Å². The second-order valence-corrected chi connectivity index (χ2v) is 9.97. The molecule has 2 unspecified atom stereocenters. The molecule has 2 aliphatic rings. The molecule has 2 saturated heterocycles. The van der Waals surface area contributed by atoms with E-state index in [0.717, 1.165) is 37.1 Å². The van der Waals surface area contributed by atoms with E-state index in [-0.39, 0.29) is 29.9 Å². The lowest BCUT2D eigenvalue weighted by Gasteiger charge is -2.40. The fourth-order valence-corrected chi connectivity index (χ4v) is 5.61. The summed E-state index contributed by atoms with van der Waals surface area (Å²) >= 11 is 0. The van der Waals surface area contributed by atoms with Gasteiger partial charge in [-0.1, -0.05) is 30.3 Å². The van der Waals surface area contributed by atoms with Crippen LogP contribution in [-0.4, -0.2) is 46.1 Å². The molecule has 2 fully saturated rings. The highest BCUT2D eigenvalue weighted by molar-refractivity contribution is 5.97. The number of hydrogen-bond donors (Lipinski definition) is 4. The zero-order chi connectivity index (χ0) is 26.6. The van der Waals surface area contributed by atoms with Gasteiger partial charge in [-0.05, 0) is 74.1 Å². The summed E-state index contributed by atoms with van der Waals surface area (Å²) in [4.78, 5) is 43.4. The first-order chi connectivity index (χ1) is 18.4. The van der Waals surface area contributed by atoms with E-state index in [4.69, 9.17) is 5.11 Å². The number of nitrogens with zero attached hydrogens (tertiary/aromatic N) is 2. The van der Waals surface area contributed by atoms with Crippen LogP contribution in [0.1, 0.15) is 57.5 Å². The molecule has 2 bridgehead atoms. The maximum Gasteiger partial charge on any atom is 0.409 e. The number of carbonyl (C=O) groups is 3. The highest BCUT2D eigenvalue weighted by atomic mass is 16.4. The van der Waals surface area contributed by atoms with Crippen molar-refractivity contribution in [3.63, 3.8) is 0 Å². The molecule has 3 amide bonds. The fraction of sp³-hybridized carbons (Fsp3) is 0.310. The summed E-state index contributed by atoms with van der Waals surface area (Å²) in [5.74, 6) is 0.560. The summed E-state index contributed by atoms with van der Waals surface area (Å²) < 4.78 is 0. The minimum atomic E-state index is -1.14. The second-order valence-electron chi connectivity index (χ2n) is 9.97. The minimum absolute atomic E-state index is 0.0514. The number of carboxylic acid groups (broad SMARTS) is 1. The van der Waals surface area contributed by atoms with Crippen molar-refractivity contribution in [2.45, 2.75) is 57.3 Å². The van der Waals surface area contributed by atoms with Crippen LogP contribution in [0.5, 0.6) is 0 Å². The molecule has 2 aliphatic heterocycles. The molecule has 9 heteroatoms. The Morgan fingerprint density at radius 1 is 0.974 bits per heavy atom. The lowest BCUT2D eigenvalue weighted by Crippen LogP contribution is -2.50. The summed E-state index contributed by atoms with van der Waals surface area (Å²) in [7, 11) is 0. The molecule has 0 spiro atoms. The third kappa shape index (κ3) is 5.61. The number of piperidine rings is 1. The number of carbonyl (C=O) groups excluding carboxylic acids is 2. The average molecular weight is 514 g/mol. The third-order valence-corrected chi connectivity index (χ3v) is 7.36. The third-order valence-electron chi connectivity index (χ3n) is 7.36. The molecule has 3 heterocycles. The van der Waals surface area contributed by atoms with Crippen molar-refractivity contribution in [1.29, 1.82) is 0 Å². The molecule has 9 nitrogen and oxygen atoms in total. The van der Waals surface area contributed by atoms with Gasteiger partial charge in [-0.2, -0.15) is 0 Å². The highest BCUT2D eigenvalue weighted by Crippen LogP contribution is 2.38. The van der Waals surface area contributed by atoms with Crippen LogP contribution >= 0.6 is 0 Å². The number of aromatic nitrogens is 1. The van der Waals surface area contributed by atoms with Crippen molar-refractivity contribution in [1.82, 2.24) is 15.6 Å². The van der Waals surface area contributed by atoms with Crippen LogP contribution in [-0.2, 0) is 6.54 Å². The van der Waals surface area contributed by atoms with E-state index >= 15 is 0 Å². The van der Waals surface area contributed by atoms with Crippen LogP contribution in [0.3, 0.4) is 0 Å². The number of benzene rings is 2. The molecule has 0 saturated carbocycles. The Hall–Kier alpha value is -4.40. The molecule has 2 aromatic carbocycles. The molecule has 2 atom stereocenters. The Labute approximate surface area is 221 Å². The van der Waals surface area contributed by atoms with Gasteiger partial charge < -0.3 is 20.6 Å². The van der Waals surface area contributed by atoms with Gasteiger partial charge in [0.25, 0.3) is 11.8 Å². The van der Waals surface area contributed by atoms with Crippen LogP contribution < -0.4 is 20.9 Å². The predicted octanol–water partition coefficient (Wildman–Crippen LogP) is 4.34. The molecule has 3 aromatic rings. The molecular formula is C29H31N5O4. The van der Waals surface area contributed by atoms with Crippen molar-refractivity contribution in [2.75, 3.05) is 10.2 Å². The van der Waals surface area contributed by atoms with E-state index in [9.17, 15) is 14.4 Å². The highest BCUT2D eigenvalue weighted by Gasteiger charge is 2.41. The maximum atomic E-state index is 13.0. The van der Waals surface area contributed by atoms with Gasteiger partial charge in [0.1, 0.15) is 5.82 Å². The summed E-state index contributed by atoms with van der Waals surface area (Å²) in [6.45, 7) is 2.26. The van der Waals surface area contributed by atoms with Gasteiger partial charge >= 0.3 is 6.09 Å². The largest absolute Gasteiger partial charge is 0.465 e. The average Bonchev–Trinajstić information content (AvgIpc) is 3.17. The van der Waals surface area contributed by atoms with E-state index in [0.29, 0.717) is 28.9 Å². The molecule has 38 heavy (non-hydrogen) atoms. The molecule has 1 aromatic heterocycles. The Morgan fingerprint density at radius 2 is 1.71 bits per heavy atom. The van der Waals surface area contributed by atoms with E-state index < -0.39 is 6.09 Å². The van der Waals surface area contributed by atoms with Crippen molar-refractivity contribution >= 4 is 29.4 Å². The number of nitrogens with one attached hydrogen (secondary N) is 3. The van der Waals surface area contributed by atoms with Crippen LogP contribution in [0.4, 0.5) is 16.3 Å². The predicted molar refractivity (Wildman–Crippen MR) is 144 cm³/mol. The Bertz CT molecular complexity index is 1310. The first-order valence-electron chi connectivity index (χ1n) is 12.9. The smallest absolute Gasteiger partial charge is 0.409 e. The van der Waals surface area contributed by atoms with Crippen molar-refractivity contribution in [3.05, 3.63) is 89.1 Å². The molecule has 4 N–H and O–H groups in total. The van der Waals surface area contributed by atoms with Crippen molar-refractivity contribution in [2.24, 2.45) is 0 Å². The number of pyridine rings is 1. The SMILES string of the molecule is Cc1cc(NC(=O)O)ccc1C(=O)NC1CC2CCC(C1)N2c1ccc(C(=O)NCc2ccccc2)cn1. The Balaban J connectivity index is 1.18. The Kier molecular flexibility index (Phi) is 7.26. The Morgan fingerprint density at radius 3 is 2.34 bits per heavy atom. The maximum absolute atomic E-state index is 13.0. The van der Waals surface area contributed by atoms with E-state index in [2.05, 4.69) is 25.8 Å². The first-order valence-corrected chi connectivity index (χ1v) is 12.9. The monoisotopic (exact) mass is 513 g/mol. The van der Waals surface area contributed by atoms with Crippen molar-refractivity contribution < 1.29 is 19.5 Å². The van der Waals surface area contributed by atoms with Gasteiger partial charge in [-0.25, -0.2) is 9.78 Å². The number of rotatable bonds is 7. The number of amides is 3. The number of fused-ring (bicyclic) bond motifs is 2. The fourth-order valence-electron chi connectivity index (χ4n) is 5.61. The molecule has 196 valence electrons. The topological polar surface area (TPSA) is 124 Å². The van der Waals surface area contributed by atoms with Gasteiger partial charge in [0.15, 0.2) is 0 Å². The zero-order valence-corrected chi connectivity index (χ0v) is 21.2. The summed E-state index contributed by atoms with van der Waals surface area (Å²) in [5, 5.41) is 17.3. The zero-order valence-electron chi connectivity index (χ0n) is 21.2. The normalized spacial score (nSPS) is 20.0. The van der Waals surface area contributed by atoms with Crippen molar-refractivity contribution in [3.8, 4) is 0 Å². The van der Waals surface area contributed by atoms with Crippen LogP contribution in [0.15, 0.2) is 66.9 Å². The van der Waals surface area contributed by atoms with E-state index in [1.807, 2.05) is 42.5 Å². The second kappa shape index (κ2) is 10.9. The van der Waals surface area contributed by atoms with Gasteiger partial charge in [0.05, 0.1) is 5.56 Å². The van der Waals surface area contributed by atoms with Crippen LogP contribution in [0.25, 0.3) is 0 Å². The number of anilines is 2. The standard InChI is InChI=1S/C29H31N5O4/c1-18-13-21(33-29(37)38)8-11-25(18)28(36)32-22-14-23-9-10-24(15-22)34(23)26-12-7-20(17-30-26)27(35)31-16-19-5-3-2-4-6-19/h2-8,11-13,17,22-24,33H,9-10,14-16H2,1H3,(H,31,35)(H,32,36)(H,37,38). The van der Waals surface area contributed by atoms with Gasteiger partial charge in [-0.3, -0.25) is 14.9 Å². The van der Waals surface area contributed by atoms with Crippen LogP contribution in [0, 0.1) is 6.92 Å². The lowest BCUT2D eigenvalue weighted by atomic mass is 9.96. The summed E-state index contributed by atoms with van der Waals surface area (Å²) in [6, 6.07) is 19.0. The molecular weight excluding hydrogens is 482 g/mol. The molecule has 5 rings (SSSR count). The van der Waals surface area contributed by atoms with E-state index in [1.54, 1.807) is 31.3 Å². The molecule has 0 aliphatic carbocycles. The summed E-state index contributed by atoms with van der Waals surface area (Å²) in [5.41, 5.74) is 3.26. The van der Waals surface area contributed by atoms with Crippen LogP contribution in [0.2, 0.25) is 0 Å². The van der Waals surface area contributed by atoms with Gasteiger partial charge in [-0.15, -0.1) is 0 Å². The summed E-state index contributed by atoms with van der Waals surface area (Å²) in [6.07, 6.45) is 4.20. The van der Waals surface area contributed by atoms with Gasteiger partial charge in [0, 0.05) is 42.1 Å². The first kappa shape index (κ1) is 25.3. The quantitative estimate of drug-likeness (QED) is 0.373. The molecule has 0 radical (unpaired) electrons. The lowest BCUT2D eigenvalue weighted by molar-refractivity contribution is 0.0924. The number of aryl methyl sites for hydroxylation is 1. The minimum Gasteiger partial charge on any atom is -0.465 e. The number of hydrogen-bond acceptors (Lipinski definition) is 5. The van der Waals surface area contributed by atoms with Gasteiger partial charge in [0.2, 0.25) is 0 Å².